The van der Waals surface area contributed by atoms with Gasteiger partial charge in [-0.25, -0.2) is 5.43 Å². The standard InChI is InChI=1S/C13H17N3O/c1-10-3-2-4-12(9-10)15-16-13(17)11-5-7-14-8-6-11/h5-8,10H,2-4,9H2,1H3,(H,16,17)/t10-/m1/s1. The van der Waals surface area contributed by atoms with E-state index in [1.807, 2.05) is 0 Å². The molecule has 1 aliphatic carbocycles. The van der Waals surface area contributed by atoms with E-state index in [2.05, 4.69) is 22.4 Å². The fraction of sp³-hybridized carbons (Fsp3) is 0.462. The fourth-order valence-corrected chi connectivity index (χ4v) is 2.06. The minimum Gasteiger partial charge on any atom is -0.267 e. The Morgan fingerprint density at radius 3 is 2.94 bits per heavy atom. The van der Waals surface area contributed by atoms with Gasteiger partial charge in [-0.2, -0.15) is 5.10 Å². The topological polar surface area (TPSA) is 54.4 Å². The van der Waals surface area contributed by atoms with Gasteiger partial charge in [0, 0.05) is 23.7 Å². The Morgan fingerprint density at radius 2 is 2.24 bits per heavy atom. The van der Waals surface area contributed by atoms with Crippen LogP contribution in [0.25, 0.3) is 0 Å². The summed E-state index contributed by atoms with van der Waals surface area (Å²) in [5, 5.41) is 4.21. The van der Waals surface area contributed by atoms with Gasteiger partial charge < -0.3 is 0 Å². The third-order valence-electron chi connectivity index (χ3n) is 3.00. The maximum absolute atomic E-state index is 11.7. The van der Waals surface area contributed by atoms with Crippen LogP contribution in [0.5, 0.6) is 0 Å². The lowest BCUT2D eigenvalue weighted by atomic mass is 9.89. The average molecular weight is 231 g/mol. The van der Waals surface area contributed by atoms with Crippen LogP contribution in [0.4, 0.5) is 0 Å². The van der Waals surface area contributed by atoms with E-state index in [1.54, 1.807) is 24.5 Å². The van der Waals surface area contributed by atoms with Crippen molar-refractivity contribution in [3.8, 4) is 0 Å². The molecule has 90 valence electrons. The van der Waals surface area contributed by atoms with E-state index >= 15 is 0 Å². The fourth-order valence-electron chi connectivity index (χ4n) is 2.06. The van der Waals surface area contributed by atoms with Crippen molar-refractivity contribution < 1.29 is 4.79 Å². The van der Waals surface area contributed by atoms with Crippen LogP contribution in [0.3, 0.4) is 0 Å². The summed E-state index contributed by atoms with van der Waals surface area (Å²) in [6.07, 6.45) is 7.63. The number of pyridine rings is 1. The number of carbonyl (C=O) groups excluding carboxylic acids is 1. The van der Waals surface area contributed by atoms with Crippen LogP contribution in [0.1, 0.15) is 43.0 Å². The Kier molecular flexibility index (Phi) is 3.85. The van der Waals surface area contributed by atoms with Crippen molar-refractivity contribution in [2.24, 2.45) is 11.0 Å². The number of nitrogens with one attached hydrogen (secondary N) is 1. The van der Waals surface area contributed by atoms with Gasteiger partial charge in [0.25, 0.3) is 5.91 Å². The highest BCUT2D eigenvalue weighted by molar-refractivity contribution is 5.95. The summed E-state index contributed by atoms with van der Waals surface area (Å²) in [7, 11) is 0. The second-order valence-electron chi connectivity index (χ2n) is 4.56. The molecule has 0 unspecified atom stereocenters. The lowest BCUT2D eigenvalue weighted by molar-refractivity contribution is 0.0954. The number of rotatable bonds is 2. The number of hydrogen-bond acceptors (Lipinski definition) is 3. The van der Waals surface area contributed by atoms with Crippen molar-refractivity contribution in [3.63, 3.8) is 0 Å². The highest BCUT2D eigenvalue weighted by atomic mass is 16.2. The van der Waals surface area contributed by atoms with Gasteiger partial charge in [-0.05, 0) is 43.7 Å². The maximum atomic E-state index is 11.7. The van der Waals surface area contributed by atoms with E-state index in [-0.39, 0.29) is 5.91 Å². The molecule has 0 spiro atoms. The molecule has 1 aromatic heterocycles. The molecule has 0 saturated heterocycles. The Labute approximate surface area is 101 Å². The predicted molar refractivity (Wildman–Crippen MR) is 66.8 cm³/mol. The minimum absolute atomic E-state index is 0.168. The highest BCUT2D eigenvalue weighted by Crippen LogP contribution is 2.20. The summed E-state index contributed by atoms with van der Waals surface area (Å²) in [6.45, 7) is 2.22. The number of carbonyl (C=O) groups is 1. The van der Waals surface area contributed by atoms with E-state index in [4.69, 9.17) is 0 Å². The summed E-state index contributed by atoms with van der Waals surface area (Å²) in [4.78, 5) is 15.6. The van der Waals surface area contributed by atoms with Gasteiger partial charge in [0.2, 0.25) is 0 Å². The van der Waals surface area contributed by atoms with Gasteiger partial charge in [0.1, 0.15) is 0 Å². The number of amides is 1. The minimum atomic E-state index is -0.168. The monoisotopic (exact) mass is 231 g/mol. The van der Waals surface area contributed by atoms with Gasteiger partial charge in [0.15, 0.2) is 0 Å². The van der Waals surface area contributed by atoms with Gasteiger partial charge in [-0.1, -0.05) is 6.92 Å². The van der Waals surface area contributed by atoms with Crippen molar-refractivity contribution in [3.05, 3.63) is 30.1 Å². The van der Waals surface area contributed by atoms with E-state index in [9.17, 15) is 4.79 Å². The SMILES string of the molecule is C[C@@H]1CCCC(=NNC(=O)c2ccncc2)C1. The van der Waals surface area contributed by atoms with Gasteiger partial charge in [-0.15, -0.1) is 0 Å². The zero-order valence-electron chi connectivity index (χ0n) is 10.0. The van der Waals surface area contributed by atoms with Gasteiger partial charge in [-0.3, -0.25) is 9.78 Å². The molecule has 1 heterocycles. The molecule has 17 heavy (non-hydrogen) atoms. The number of aromatic nitrogens is 1. The summed E-state index contributed by atoms with van der Waals surface area (Å²) in [6, 6.07) is 3.36. The van der Waals surface area contributed by atoms with Crippen LogP contribution in [-0.4, -0.2) is 16.6 Å². The van der Waals surface area contributed by atoms with Crippen molar-refractivity contribution in [2.75, 3.05) is 0 Å². The third-order valence-corrected chi connectivity index (χ3v) is 3.00. The smallest absolute Gasteiger partial charge is 0.267 e. The molecular weight excluding hydrogens is 214 g/mol. The van der Waals surface area contributed by atoms with E-state index in [0.717, 1.165) is 18.6 Å². The van der Waals surface area contributed by atoms with Crippen molar-refractivity contribution in [1.29, 1.82) is 0 Å². The second kappa shape index (κ2) is 5.57. The van der Waals surface area contributed by atoms with E-state index < -0.39 is 0 Å². The first-order valence-corrected chi connectivity index (χ1v) is 6.01. The van der Waals surface area contributed by atoms with Crippen molar-refractivity contribution in [1.82, 2.24) is 10.4 Å². The van der Waals surface area contributed by atoms with E-state index in [0.29, 0.717) is 11.5 Å². The summed E-state index contributed by atoms with van der Waals surface area (Å²) in [5.74, 6) is 0.512. The first kappa shape index (κ1) is 11.8. The first-order valence-electron chi connectivity index (χ1n) is 6.01. The highest BCUT2D eigenvalue weighted by Gasteiger charge is 2.14. The average Bonchev–Trinajstić information content (AvgIpc) is 2.37. The van der Waals surface area contributed by atoms with Gasteiger partial charge in [0.05, 0.1) is 0 Å². The zero-order valence-corrected chi connectivity index (χ0v) is 10.0. The molecule has 0 aromatic carbocycles. The van der Waals surface area contributed by atoms with Crippen molar-refractivity contribution >= 4 is 11.6 Å². The molecule has 4 nitrogen and oxygen atoms in total. The Morgan fingerprint density at radius 1 is 1.47 bits per heavy atom. The molecule has 1 aromatic rings. The van der Waals surface area contributed by atoms with Crippen LogP contribution >= 0.6 is 0 Å². The molecule has 0 bridgehead atoms. The normalized spacial score (nSPS) is 22.4. The first-order chi connectivity index (χ1) is 8.25. The van der Waals surface area contributed by atoms with Crippen LogP contribution in [0.2, 0.25) is 0 Å². The Balaban J connectivity index is 1.93. The molecule has 0 radical (unpaired) electrons. The molecule has 1 amide bonds. The third kappa shape index (κ3) is 3.37. The largest absolute Gasteiger partial charge is 0.271 e. The number of hydrogen-bond donors (Lipinski definition) is 1. The van der Waals surface area contributed by atoms with Gasteiger partial charge >= 0.3 is 0 Å². The molecule has 1 N–H and O–H groups in total. The lowest BCUT2D eigenvalue weighted by Gasteiger charge is -2.18. The molecule has 1 aliphatic rings. The lowest BCUT2D eigenvalue weighted by Crippen LogP contribution is -2.22. The predicted octanol–water partition coefficient (Wildman–Crippen LogP) is 2.38. The Bertz CT molecular complexity index is 414. The van der Waals surface area contributed by atoms with Crippen LogP contribution in [0, 0.1) is 5.92 Å². The molecule has 4 heteroatoms. The second-order valence-corrected chi connectivity index (χ2v) is 4.56. The molecule has 1 fully saturated rings. The summed E-state index contributed by atoms with van der Waals surface area (Å²) < 4.78 is 0. The summed E-state index contributed by atoms with van der Waals surface area (Å²) in [5.41, 5.74) is 4.30. The molecular formula is C13H17N3O. The number of nitrogens with zero attached hydrogens (tertiary/aromatic N) is 2. The maximum Gasteiger partial charge on any atom is 0.271 e. The van der Waals surface area contributed by atoms with Crippen LogP contribution < -0.4 is 5.43 Å². The quantitative estimate of drug-likeness (QED) is 0.794. The van der Waals surface area contributed by atoms with Crippen LogP contribution in [-0.2, 0) is 0 Å². The van der Waals surface area contributed by atoms with E-state index in [1.165, 1.54) is 12.8 Å². The zero-order chi connectivity index (χ0) is 12.1. The molecule has 1 atom stereocenters. The molecule has 0 aliphatic heterocycles. The van der Waals surface area contributed by atoms with Crippen LogP contribution in [0.15, 0.2) is 29.6 Å². The summed E-state index contributed by atoms with van der Waals surface area (Å²) >= 11 is 0. The number of hydrazone groups is 1. The molecule has 1 saturated carbocycles. The van der Waals surface area contributed by atoms with Crippen molar-refractivity contribution in [2.45, 2.75) is 32.6 Å². The molecule has 2 rings (SSSR count). The Hall–Kier alpha value is -1.71.